The fourth-order valence-corrected chi connectivity index (χ4v) is 2.33. The van der Waals surface area contributed by atoms with Crippen LogP contribution in [-0.2, 0) is 13.0 Å². The van der Waals surface area contributed by atoms with Gasteiger partial charge in [-0.05, 0) is 43.2 Å². The van der Waals surface area contributed by atoms with E-state index in [1.165, 1.54) is 5.56 Å². The Balaban J connectivity index is 1.70. The summed E-state index contributed by atoms with van der Waals surface area (Å²) in [5, 5.41) is 6.66. The van der Waals surface area contributed by atoms with Gasteiger partial charge in [-0.3, -0.25) is 4.99 Å². The second-order valence-corrected chi connectivity index (χ2v) is 5.18. The molecule has 5 heteroatoms. The number of hydrogen-bond acceptors (Lipinski definition) is 2. The first kappa shape index (κ1) is 16.9. The Labute approximate surface area is 138 Å². The molecule has 1 aromatic carbocycles. The van der Waals surface area contributed by atoms with Crippen molar-refractivity contribution in [2.45, 2.75) is 19.9 Å². The zero-order chi connectivity index (χ0) is 16.3. The van der Waals surface area contributed by atoms with Crippen molar-refractivity contribution in [1.82, 2.24) is 15.2 Å². The largest absolute Gasteiger partial charge is 0.494 e. The van der Waals surface area contributed by atoms with Crippen molar-refractivity contribution in [3.63, 3.8) is 0 Å². The lowest BCUT2D eigenvalue weighted by atomic mass is 10.1. The maximum Gasteiger partial charge on any atom is 0.191 e. The molecule has 124 valence electrons. The summed E-state index contributed by atoms with van der Waals surface area (Å²) >= 11 is 0. The van der Waals surface area contributed by atoms with Crippen LogP contribution in [0.1, 0.15) is 12.5 Å². The minimum atomic E-state index is 0.694. The molecule has 0 spiro atoms. The Morgan fingerprint density at radius 3 is 2.65 bits per heavy atom. The highest BCUT2D eigenvalue weighted by molar-refractivity contribution is 5.79. The summed E-state index contributed by atoms with van der Waals surface area (Å²) in [7, 11) is 1.79. The highest BCUT2D eigenvalue weighted by Crippen LogP contribution is 2.13. The van der Waals surface area contributed by atoms with Gasteiger partial charge in [0.1, 0.15) is 5.75 Å². The third-order valence-electron chi connectivity index (χ3n) is 3.47. The van der Waals surface area contributed by atoms with E-state index in [1.807, 2.05) is 31.2 Å². The van der Waals surface area contributed by atoms with Gasteiger partial charge in [-0.1, -0.05) is 12.1 Å². The van der Waals surface area contributed by atoms with E-state index in [2.05, 4.69) is 44.7 Å². The lowest BCUT2D eigenvalue weighted by Gasteiger charge is -2.12. The number of rotatable bonds is 8. The molecule has 2 N–H and O–H groups in total. The predicted octanol–water partition coefficient (Wildman–Crippen LogP) is 2.29. The van der Waals surface area contributed by atoms with Crippen LogP contribution in [0.15, 0.2) is 53.8 Å². The van der Waals surface area contributed by atoms with Gasteiger partial charge in [0.05, 0.1) is 6.61 Å². The van der Waals surface area contributed by atoms with Crippen LogP contribution in [0, 0.1) is 0 Å². The van der Waals surface area contributed by atoms with E-state index in [0.29, 0.717) is 6.61 Å². The molecule has 0 aliphatic heterocycles. The number of nitrogens with one attached hydrogen (secondary N) is 2. The second-order valence-electron chi connectivity index (χ2n) is 5.18. The van der Waals surface area contributed by atoms with Crippen LogP contribution >= 0.6 is 0 Å². The van der Waals surface area contributed by atoms with Crippen molar-refractivity contribution in [3.05, 3.63) is 54.4 Å². The molecular weight excluding hydrogens is 288 g/mol. The smallest absolute Gasteiger partial charge is 0.191 e. The number of aromatic nitrogens is 1. The zero-order valence-electron chi connectivity index (χ0n) is 14.0. The van der Waals surface area contributed by atoms with Gasteiger partial charge < -0.3 is 19.9 Å². The van der Waals surface area contributed by atoms with Crippen molar-refractivity contribution in [3.8, 4) is 5.75 Å². The molecule has 0 fully saturated rings. The summed E-state index contributed by atoms with van der Waals surface area (Å²) in [6.45, 7) is 5.29. The zero-order valence-corrected chi connectivity index (χ0v) is 14.0. The molecule has 0 bridgehead atoms. The highest BCUT2D eigenvalue weighted by Gasteiger charge is 1.99. The average Bonchev–Trinajstić information content (AvgIpc) is 3.07. The number of benzene rings is 1. The second kappa shape index (κ2) is 9.56. The normalized spacial score (nSPS) is 11.3. The minimum Gasteiger partial charge on any atom is -0.494 e. The first-order valence-corrected chi connectivity index (χ1v) is 8.09. The molecule has 2 rings (SSSR count). The van der Waals surface area contributed by atoms with Gasteiger partial charge in [0.2, 0.25) is 0 Å². The molecule has 0 aliphatic rings. The standard InChI is InChI=1S/C18H26N4O/c1-3-23-17-8-6-7-16(15-17)9-10-20-18(19-2)21-11-14-22-12-4-5-13-22/h4-8,12-13,15H,3,9-11,14H2,1-2H3,(H2,19,20,21). The summed E-state index contributed by atoms with van der Waals surface area (Å²) in [5.74, 6) is 1.76. The molecule has 0 radical (unpaired) electrons. The Hall–Kier alpha value is -2.43. The van der Waals surface area contributed by atoms with Crippen molar-refractivity contribution in [2.24, 2.45) is 4.99 Å². The number of aliphatic imine (C=N–C) groups is 1. The molecule has 0 atom stereocenters. The van der Waals surface area contributed by atoms with Gasteiger partial charge in [-0.15, -0.1) is 0 Å². The molecular formula is C18H26N4O. The maximum atomic E-state index is 5.52. The fraction of sp³-hybridized carbons (Fsp3) is 0.389. The van der Waals surface area contributed by atoms with Gasteiger partial charge in [0.15, 0.2) is 5.96 Å². The van der Waals surface area contributed by atoms with Crippen LogP contribution in [0.2, 0.25) is 0 Å². The molecule has 1 heterocycles. The van der Waals surface area contributed by atoms with E-state index in [0.717, 1.165) is 37.8 Å². The van der Waals surface area contributed by atoms with Crippen molar-refractivity contribution >= 4 is 5.96 Å². The van der Waals surface area contributed by atoms with Crippen molar-refractivity contribution < 1.29 is 4.74 Å². The Morgan fingerprint density at radius 1 is 1.13 bits per heavy atom. The maximum absolute atomic E-state index is 5.52. The fourth-order valence-electron chi connectivity index (χ4n) is 2.33. The van der Waals surface area contributed by atoms with Gasteiger partial charge in [-0.25, -0.2) is 0 Å². The van der Waals surface area contributed by atoms with Gasteiger partial charge >= 0.3 is 0 Å². The van der Waals surface area contributed by atoms with Crippen molar-refractivity contribution in [2.75, 3.05) is 26.7 Å². The Bertz CT molecular complexity index is 593. The quantitative estimate of drug-likeness (QED) is 0.581. The van der Waals surface area contributed by atoms with E-state index in [9.17, 15) is 0 Å². The molecule has 23 heavy (non-hydrogen) atoms. The van der Waals surface area contributed by atoms with E-state index < -0.39 is 0 Å². The number of hydrogen-bond donors (Lipinski definition) is 2. The SMILES string of the molecule is CCOc1cccc(CCNC(=NC)NCCn2cccc2)c1. The molecule has 0 saturated carbocycles. The summed E-state index contributed by atoms with van der Waals surface area (Å²) < 4.78 is 7.66. The van der Waals surface area contributed by atoms with E-state index in [4.69, 9.17) is 4.74 Å². The minimum absolute atomic E-state index is 0.694. The lowest BCUT2D eigenvalue weighted by molar-refractivity contribution is 0.340. The highest BCUT2D eigenvalue weighted by atomic mass is 16.5. The van der Waals surface area contributed by atoms with Crippen molar-refractivity contribution in [1.29, 1.82) is 0 Å². The first-order chi connectivity index (χ1) is 11.3. The molecule has 1 aromatic heterocycles. The topological polar surface area (TPSA) is 50.6 Å². The predicted molar refractivity (Wildman–Crippen MR) is 95.1 cm³/mol. The molecule has 0 amide bonds. The monoisotopic (exact) mass is 314 g/mol. The summed E-state index contributed by atoms with van der Waals surface area (Å²) in [6.07, 6.45) is 5.05. The molecule has 2 aromatic rings. The van der Waals surface area contributed by atoms with Gasteiger partial charge in [0.25, 0.3) is 0 Å². The Morgan fingerprint density at radius 2 is 1.91 bits per heavy atom. The van der Waals surface area contributed by atoms with Gasteiger partial charge in [-0.2, -0.15) is 0 Å². The van der Waals surface area contributed by atoms with E-state index in [-0.39, 0.29) is 0 Å². The van der Waals surface area contributed by atoms with Gasteiger partial charge in [0, 0.05) is 39.1 Å². The summed E-state index contributed by atoms with van der Waals surface area (Å²) in [4.78, 5) is 4.25. The van der Waals surface area contributed by atoms with Crippen LogP contribution in [0.25, 0.3) is 0 Å². The van der Waals surface area contributed by atoms with E-state index in [1.54, 1.807) is 7.05 Å². The van der Waals surface area contributed by atoms with Crippen LogP contribution in [0.3, 0.4) is 0 Å². The third kappa shape index (κ3) is 6.06. The van der Waals surface area contributed by atoms with Crippen LogP contribution in [-0.4, -0.2) is 37.3 Å². The number of nitrogens with zero attached hydrogens (tertiary/aromatic N) is 2. The lowest BCUT2D eigenvalue weighted by Crippen LogP contribution is -2.39. The van der Waals surface area contributed by atoms with E-state index >= 15 is 0 Å². The number of guanidine groups is 1. The van der Waals surface area contributed by atoms with Crippen LogP contribution in [0.5, 0.6) is 5.75 Å². The number of ether oxygens (including phenoxy) is 1. The Kier molecular flexibility index (Phi) is 7.04. The van der Waals surface area contributed by atoms with Crippen LogP contribution < -0.4 is 15.4 Å². The first-order valence-electron chi connectivity index (χ1n) is 8.09. The molecule has 0 aliphatic carbocycles. The third-order valence-corrected chi connectivity index (χ3v) is 3.47. The molecule has 0 unspecified atom stereocenters. The summed E-state index contributed by atoms with van der Waals surface area (Å²) in [5.41, 5.74) is 1.26. The average molecular weight is 314 g/mol. The molecule has 5 nitrogen and oxygen atoms in total. The van der Waals surface area contributed by atoms with Crippen LogP contribution in [0.4, 0.5) is 0 Å². The summed E-state index contributed by atoms with van der Waals surface area (Å²) in [6, 6.07) is 12.3. The molecule has 0 saturated heterocycles.